The Kier molecular flexibility index (Phi) is 2.18. The van der Waals surface area contributed by atoms with Crippen LogP contribution in [0.15, 0.2) is 48.5 Å². The van der Waals surface area contributed by atoms with E-state index in [-0.39, 0.29) is 5.82 Å². The average molecular weight is 226 g/mol. The molecule has 0 fully saturated rings. The van der Waals surface area contributed by atoms with Gasteiger partial charge in [0.1, 0.15) is 11.6 Å². The van der Waals surface area contributed by atoms with Gasteiger partial charge in [-0.25, -0.2) is 9.37 Å². The van der Waals surface area contributed by atoms with E-state index in [0.717, 1.165) is 22.5 Å². The molecule has 0 saturated carbocycles. The normalized spacial score (nSPS) is 10.9. The number of para-hydroxylation sites is 1. The molecular weight excluding hydrogens is 215 g/mol. The number of aryl methyl sites for hydroxylation is 1. The SMILES string of the molecule is Cc1nc2ccc(F)cc2n1-c1ccccc1. The molecule has 3 heteroatoms. The number of nitrogens with zero attached hydrogens (tertiary/aromatic N) is 2. The lowest BCUT2D eigenvalue weighted by molar-refractivity contribution is 0.629. The lowest BCUT2D eigenvalue weighted by atomic mass is 10.2. The van der Waals surface area contributed by atoms with Gasteiger partial charge >= 0.3 is 0 Å². The second-order valence-electron chi connectivity index (χ2n) is 3.96. The Hall–Kier alpha value is -2.16. The van der Waals surface area contributed by atoms with Gasteiger partial charge in [0.25, 0.3) is 0 Å². The molecule has 1 heterocycles. The third-order valence-corrected chi connectivity index (χ3v) is 2.80. The summed E-state index contributed by atoms with van der Waals surface area (Å²) in [6.45, 7) is 1.92. The Bertz CT molecular complexity index is 671. The fourth-order valence-corrected chi connectivity index (χ4v) is 2.07. The second-order valence-corrected chi connectivity index (χ2v) is 3.96. The second kappa shape index (κ2) is 3.70. The van der Waals surface area contributed by atoms with Gasteiger partial charge in [-0.15, -0.1) is 0 Å². The molecule has 0 unspecified atom stereocenters. The monoisotopic (exact) mass is 226 g/mol. The van der Waals surface area contributed by atoms with Crippen LogP contribution in [0.25, 0.3) is 16.7 Å². The summed E-state index contributed by atoms with van der Waals surface area (Å²) in [5.41, 5.74) is 2.61. The standard InChI is InChI=1S/C14H11FN2/c1-10-16-13-8-7-11(15)9-14(13)17(10)12-5-3-2-4-6-12/h2-9H,1H3. The Morgan fingerprint density at radius 1 is 1.06 bits per heavy atom. The van der Waals surface area contributed by atoms with Crippen LogP contribution in [0, 0.1) is 12.7 Å². The summed E-state index contributed by atoms with van der Waals surface area (Å²) in [7, 11) is 0. The van der Waals surface area contributed by atoms with Gasteiger partial charge in [0.05, 0.1) is 11.0 Å². The van der Waals surface area contributed by atoms with Gasteiger partial charge in [0.2, 0.25) is 0 Å². The largest absolute Gasteiger partial charge is 0.296 e. The molecule has 0 saturated heterocycles. The zero-order valence-corrected chi connectivity index (χ0v) is 9.39. The Balaban J connectivity index is 2.35. The van der Waals surface area contributed by atoms with Gasteiger partial charge in [-0.1, -0.05) is 18.2 Å². The molecule has 0 N–H and O–H groups in total. The summed E-state index contributed by atoms with van der Waals surface area (Å²) >= 11 is 0. The molecule has 1 aromatic heterocycles. The van der Waals surface area contributed by atoms with Gasteiger partial charge in [0.15, 0.2) is 0 Å². The Labute approximate surface area is 98.3 Å². The van der Waals surface area contributed by atoms with Crippen LogP contribution in [-0.4, -0.2) is 9.55 Å². The molecule has 2 nitrogen and oxygen atoms in total. The van der Waals surface area contributed by atoms with Crippen molar-refractivity contribution < 1.29 is 4.39 Å². The summed E-state index contributed by atoms with van der Waals surface area (Å²) in [5, 5.41) is 0. The van der Waals surface area contributed by atoms with Crippen LogP contribution in [0.4, 0.5) is 4.39 Å². The lowest BCUT2D eigenvalue weighted by Crippen LogP contribution is -1.96. The Morgan fingerprint density at radius 3 is 2.59 bits per heavy atom. The van der Waals surface area contributed by atoms with Crippen LogP contribution in [0.5, 0.6) is 0 Å². The topological polar surface area (TPSA) is 17.8 Å². The maximum Gasteiger partial charge on any atom is 0.125 e. The molecular formula is C14H11FN2. The first kappa shape index (κ1) is 10.0. The zero-order chi connectivity index (χ0) is 11.8. The van der Waals surface area contributed by atoms with Crippen molar-refractivity contribution in [3.63, 3.8) is 0 Å². The predicted molar refractivity (Wildman–Crippen MR) is 65.8 cm³/mol. The number of hydrogen-bond donors (Lipinski definition) is 0. The molecule has 0 atom stereocenters. The third-order valence-electron chi connectivity index (χ3n) is 2.80. The maximum atomic E-state index is 13.3. The molecule has 84 valence electrons. The van der Waals surface area contributed by atoms with E-state index in [0.29, 0.717) is 0 Å². The van der Waals surface area contributed by atoms with Gasteiger partial charge in [-0.2, -0.15) is 0 Å². The molecule has 0 bridgehead atoms. The summed E-state index contributed by atoms with van der Waals surface area (Å²) in [6, 6.07) is 14.5. The minimum absolute atomic E-state index is 0.241. The van der Waals surface area contributed by atoms with Gasteiger partial charge in [-0.3, -0.25) is 4.57 Å². The van der Waals surface area contributed by atoms with Crippen LogP contribution in [-0.2, 0) is 0 Å². The first-order chi connectivity index (χ1) is 8.25. The molecule has 0 aliphatic heterocycles. The summed E-state index contributed by atoms with van der Waals surface area (Å²) in [6.07, 6.45) is 0. The van der Waals surface area contributed by atoms with E-state index in [4.69, 9.17) is 0 Å². The number of fused-ring (bicyclic) bond motifs is 1. The zero-order valence-electron chi connectivity index (χ0n) is 9.39. The van der Waals surface area contributed by atoms with Crippen LogP contribution in [0.3, 0.4) is 0 Å². The molecule has 3 aromatic rings. The molecule has 0 aliphatic rings. The summed E-state index contributed by atoms with van der Waals surface area (Å²) < 4.78 is 15.3. The van der Waals surface area contributed by atoms with E-state index in [2.05, 4.69) is 4.98 Å². The van der Waals surface area contributed by atoms with Crippen molar-refractivity contribution in [3.05, 3.63) is 60.2 Å². The molecule has 3 rings (SSSR count). The minimum atomic E-state index is -0.241. The Morgan fingerprint density at radius 2 is 1.82 bits per heavy atom. The average Bonchev–Trinajstić information content (AvgIpc) is 2.65. The van der Waals surface area contributed by atoms with E-state index in [9.17, 15) is 4.39 Å². The van der Waals surface area contributed by atoms with Crippen molar-refractivity contribution in [1.29, 1.82) is 0 Å². The third kappa shape index (κ3) is 1.60. The molecule has 0 spiro atoms. The fraction of sp³-hybridized carbons (Fsp3) is 0.0714. The van der Waals surface area contributed by atoms with Crippen molar-refractivity contribution in [2.24, 2.45) is 0 Å². The van der Waals surface area contributed by atoms with E-state index >= 15 is 0 Å². The number of rotatable bonds is 1. The summed E-state index contributed by atoms with van der Waals surface area (Å²) in [4.78, 5) is 4.43. The summed E-state index contributed by atoms with van der Waals surface area (Å²) in [5.74, 6) is 0.617. The quantitative estimate of drug-likeness (QED) is 0.621. The molecule has 17 heavy (non-hydrogen) atoms. The van der Waals surface area contributed by atoms with E-state index in [1.807, 2.05) is 41.8 Å². The van der Waals surface area contributed by atoms with Crippen molar-refractivity contribution in [2.45, 2.75) is 6.92 Å². The van der Waals surface area contributed by atoms with E-state index in [1.165, 1.54) is 12.1 Å². The highest BCUT2D eigenvalue weighted by atomic mass is 19.1. The molecule has 0 amide bonds. The molecule has 2 aromatic carbocycles. The molecule has 0 aliphatic carbocycles. The smallest absolute Gasteiger partial charge is 0.125 e. The number of benzene rings is 2. The lowest BCUT2D eigenvalue weighted by Gasteiger charge is -2.06. The van der Waals surface area contributed by atoms with Crippen LogP contribution in [0.1, 0.15) is 5.82 Å². The highest BCUT2D eigenvalue weighted by Gasteiger charge is 2.09. The van der Waals surface area contributed by atoms with Gasteiger partial charge in [-0.05, 0) is 31.2 Å². The number of halogens is 1. The van der Waals surface area contributed by atoms with Gasteiger partial charge < -0.3 is 0 Å². The van der Waals surface area contributed by atoms with Crippen LogP contribution >= 0.6 is 0 Å². The number of hydrogen-bond acceptors (Lipinski definition) is 1. The van der Waals surface area contributed by atoms with Gasteiger partial charge in [0, 0.05) is 11.8 Å². The van der Waals surface area contributed by atoms with Crippen molar-refractivity contribution in [2.75, 3.05) is 0 Å². The highest BCUT2D eigenvalue weighted by Crippen LogP contribution is 2.21. The maximum absolute atomic E-state index is 13.3. The van der Waals surface area contributed by atoms with Crippen molar-refractivity contribution in [1.82, 2.24) is 9.55 Å². The number of imidazole rings is 1. The highest BCUT2D eigenvalue weighted by molar-refractivity contribution is 5.78. The molecule has 0 radical (unpaired) electrons. The first-order valence-electron chi connectivity index (χ1n) is 5.46. The minimum Gasteiger partial charge on any atom is -0.296 e. The fourth-order valence-electron chi connectivity index (χ4n) is 2.07. The van der Waals surface area contributed by atoms with Crippen molar-refractivity contribution in [3.8, 4) is 5.69 Å². The van der Waals surface area contributed by atoms with Crippen LogP contribution in [0.2, 0.25) is 0 Å². The van der Waals surface area contributed by atoms with Crippen LogP contribution < -0.4 is 0 Å². The first-order valence-corrected chi connectivity index (χ1v) is 5.46. The van der Waals surface area contributed by atoms with E-state index in [1.54, 1.807) is 6.07 Å². The van der Waals surface area contributed by atoms with E-state index < -0.39 is 0 Å². The van der Waals surface area contributed by atoms with Crippen molar-refractivity contribution >= 4 is 11.0 Å². The number of aromatic nitrogens is 2. The predicted octanol–water partition coefficient (Wildman–Crippen LogP) is 3.47.